The molecule has 0 aliphatic rings. The van der Waals surface area contributed by atoms with E-state index in [0.29, 0.717) is 17.0 Å². The van der Waals surface area contributed by atoms with Gasteiger partial charge in [0.1, 0.15) is 0 Å². The van der Waals surface area contributed by atoms with E-state index in [0.717, 1.165) is 48.9 Å². The Labute approximate surface area is 717 Å². The molecule has 0 aliphatic heterocycles. The van der Waals surface area contributed by atoms with E-state index in [1.54, 1.807) is 8.80 Å². The van der Waals surface area contributed by atoms with Crippen LogP contribution in [0.25, 0.3) is 154 Å². The van der Waals surface area contributed by atoms with Gasteiger partial charge in [-0.15, -0.1) is 118 Å². The summed E-state index contributed by atoms with van der Waals surface area (Å²) in [5.41, 5.74) is 9.54. The Bertz CT molecular complexity index is 8680. The molecule has 4 radical (unpaired) electrons. The third-order valence-electron chi connectivity index (χ3n) is 17.5. The molecule has 10 nitrogen and oxygen atoms in total. The summed E-state index contributed by atoms with van der Waals surface area (Å²) in [6, 6.07) is 20.6. The van der Waals surface area contributed by atoms with Gasteiger partial charge in [-0.1, -0.05) is 133 Å². The Morgan fingerprint density at radius 1 is 0.311 bits per heavy atom. The van der Waals surface area contributed by atoms with Gasteiger partial charge in [-0.25, -0.2) is 0 Å². The average molecular weight is 2120 g/mol. The number of nitrogens with zero attached hydrogens (tertiary/aromatic N) is 10. The predicted octanol–water partition coefficient (Wildman–Crippen LogP) is 23.0. The maximum absolute atomic E-state index is 9.14. The summed E-state index contributed by atoms with van der Waals surface area (Å²) in [6.45, 7) is 14.4. The van der Waals surface area contributed by atoms with Gasteiger partial charge in [0.25, 0.3) is 0 Å². The second-order valence-corrected chi connectivity index (χ2v) is 23.6. The van der Waals surface area contributed by atoms with Gasteiger partial charge in [0, 0.05) is 181 Å². The number of hydrogen-bond acceptors (Lipinski definition) is 6. The van der Waals surface area contributed by atoms with Crippen LogP contribution in [-0.4, -0.2) is 47.5 Å². The Morgan fingerprint density at radius 3 is 1.14 bits per heavy atom. The molecule has 106 heavy (non-hydrogen) atoms. The zero-order chi connectivity index (χ0) is 96.6. The molecule has 0 saturated heterocycles. The van der Waals surface area contributed by atoms with Crippen LogP contribution in [0.15, 0.2) is 255 Å². The zero-order valence-corrected chi connectivity index (χ0v) is 65.1. The van der Waals surface area contributed by atoms with Crippen LogP contribution in [-0.2, 0) is 80.4 Å². The molecular formula is C92H74Ir4N10-4. The molecular weight excluding hydrogens is 2010 g/mol. The molecule has 20 rings (SSSR count). The summed E-state index contributed by atoms with van der Waals surface area (Å²) in [7, 11) is 0. The van der Waals surface area contributed by atoms with Crippen LogP contribution < -0.4 is 0 Å². The second-order valence-electron chi connectivity index (χ2n) is 23.6. The molecule has 0 fully saturated rings. The fraction of sp³-hybridized carbons (Fsp3) is 0.109. The van der Waals surface area contributed by atoms with Gasteiger partial charge in [0.05, 0.1) is 68.3 Å². The van der Waals surface area contributed by atoms with Crippen molar-refractivity contribution in [3.05, 3.63) is 324 Å². The summed E-state index contributed by atoms with van der Waals surface area (Å²) in [5, 5.41) is 1.16. The molecule has 20 aromatic rings. The maximum Gasteiger partial charge on any atom is 0.0862 e. The molecule has 0 bridgehead atoms. The van der Waals surface area contributed by atoms with Gasteiger partial charge in [-0.3, -0.25) is 29.9 Å². The Balaban J connectivity index is 0.000000175. The summed E-state index contributed by atoms with van der Waals surface area (Å²) in [6.07, 6.45) is -3.15. The number of hydrogen-bond donors (Lipinski definition) is 0. The van der Waals surface area contributed by atoms with Crippen LogP contribution in [0.1, 0.15) is 105 Å². The molecule has 0 amide bonds. The minimum atomic E-state index is -0.466. The molecule has 0 saturated carbocycles. The summed E-state index contributed by atoms with van der Waals surface area (Å²) in [4.78, 5) is 24.7. The minimum absolute atomic E-state index is 0. The number of aromatic nitrogens is 10. The van der Waals surface area contributed by atoms with E-state index in [2.05, 4.69) is 54.2 Å². The van der Waals surface area contributed by atoms with E-state index in [9.17, 15) is 0 Å². The van der Waals surface area contributed by atoms with Crippen molar-refractivity contribution < 1.29 is 126 Å². The number of benzene rings is 10. The third-order valence-corrected chi connectivity index (χ3v) is 17.5. The molecule has 10 aromatic heterocycles. The van der Waals surface area contributed by atoms with Crippen molar-refractivity contribution >= 4 is 109 Å². The number of aryl methyl sites for hydroxylation is 6. The van der Waals surface area contributed by atoms with Crippen LogP contribution in [0.3, 0.4) is 0 Å². The van der Waals surface area contributed by atoms with E-state index in [4.69, 9.17) is 45.2 Å². The van der Waals surface area contributed by atoms with E-state index in [1.165, 1.54) is 18.2 Å². The van der Waals surface area contributed by atoms with Gasteiger partial charge in [0.2, 0.25) is 0 Å². The van der Waals surface area contributed by atoms with Gasteiger partial charge >= 0.3 is 0 Å². The van der Waals surface area contributed by atoms with Crippen molar-refractivity contribution in [2.45, 2.75) is 70.2 Å². The van der Waals surface area contributed by atoms with Crippen LogP contribution in [0.5, 0.6) is 0 Å². The first-order chi connectivity index (χ1) is 62.6. The van der Waals surface area contributed by atoms with Crippen molar-refractivity contribution in [1.82, 2.24) is 47.5 Å². The fourth-order valence-electron chi connectivity index (χ4n) is 13.1. The fourth-order valence-corrected chi connectivity index (χ4v) is 13.1. The standard InChI is InChI=1S/2C23H17N2.2C22H16N3.2CH4.4Ir/c2*1-15-6-5-7-16(2)22(15)17-10-11-21-20(14-17)18-8-3-4-9-19(18)23-24-12-13-25(21)23;1-14-6-5-7-15(2)21(14)20-13-24-22-18-9-4-3-8-16(18)17-10-11-23-12-19(17)25(20)22;1-14-6-5-7-15(2)21(14)20-13-24-22-17-9-4-3-8-16(17)18-12-23-11-10-19(18)25(20)22;;;;;;/h2*3-8,10-14H,1-2H3;2*3-8,10-13H,1-2H3;2*1H4;;;;/q4*-1;;;;;;/i3D,4D,5D,6D,7D,8D,10D,11D,12D,13D,14D;3D,4D,8D,10D,11D,12D,13D,14D;2*3D,4D,8D,10D,11D,12D,13D;;;;;;. The topological polar surface area (TPSA) is 95.0 Å². The quantitative estimate of drug-likeness (QED) is 0.129. The first-order valence-electron chi connectivity index (χ1n) is 47.6. The van der Waals surface area contributed by atoms with Crippen molar-refractivity contribution in [1.29, 1.82) is 0 Å². The van der Waals surface area contributed by atoms with Gasteiger partial charge < -0.3 is 17.6 Å². The van der Waals surface area contributed by atoms with Crippen LogP contribution in [0.2, 0.25) is 0 Å². The Hall–Kier alpha value is -10.1. The van der Waals surface area contributed by atoms with Gasteiger partial charge in [-0.05, 0) is 173 Å². The molecule has 14 heteroatoms. The first-order valence-corrected chi connectivity index (χ1v) is 31.1. The van der Waals surface area contributed by atoms with Crippen molar-refractivity contribution in [3.8, 4) is 44.8 Å². The SMILES string of the molecule is C.C.[2H]c1[c-]c2c(c([2H])c1[2H])c1c([2H])c(-c3c(C)c([2H])c([2H])c([2H])c3C)c([2H])c([2H])c1n1c([2H])c([2H])nc21.[2H]c1[c-]c2c(c([2H])c1[2H])c1c([2H])c(-c3c(C)cccc3C)c([2H])c([2H])c1n1c([2H])c([2H])nc21.[2H]c1[c-]c2c(c([2H])c1[2H])c1c([2H])c([2H])nc([2H])c1n1c(-c3c(C)cccc3C)c([2H])nc21.[2H]c1[c-]c2c(c([2H])c1[2H])c1c([2H])nc([2H])c([2H])c1n1c(-c3c(C)cccc3C)c([2H])nc21.[Ir].[Ir].[Ir].[Ir]. The maximum atomic E-state index is 9.14. The van der Waals surface area contributed by atoms with Crippen molar-refractivity contribution in [2.75, 3.05) is 0 Å². The average Bonchev–Trinajstić information content (AvgIpc) is 1.59. The number of imidazole rings is 4. The van der Waals surface area contributed by atoms with Crippen LogP contribution >= 0.6 is 0 Å². The van der Waals surface area contributed by atoms with Crippen molar-refractivity contribution in [3.63, 3.8) is 0 Å². The number of fused-ring (bicyclic) bond motifs is 24. The molecule has 0 atom stereocenters. The monoisotopic (exact) mass is 2120 g/mol. The number of rotatable bonds is 4. The Morgan fingerprint density at radius 2 is 0.689 bits per heavy atom. The molecule has 0 spiro atoms. The molecule has 0 N–H and O–H groups in total. The molecule has 10 heterocycles. The Kier molecular flexibility index (Phi) is 13.5. The summed E-state index contributed by atoms with van der Waals surface area (Å²) < 4.78 is 283. The normalized spacial score (nSPS) is 15.3. The summed E-state index contributed by atoms with van der Waals surface area (Å²) in [5.74, 6) is 0. The zero-order valence-electron chi connectivity index (χ0n) is 88.5. The van der Waals surface area contributed by atoms with Crippen LogP contribution in [0.4, 0.5) is 0 Å². The molecule has 10 aromatic carbocycles. The van der Waals surface area contributed by atoms with E-state index >= 15 is 0 Å². The van der Waals surface area contributed by atoms with E-state index in [1.807, 2.05) is 96.1 Å². The van der Waals surface area contributed by atoms with Crippen LogP contribution in [0, 0.1) is 79.7 Å². The van der Waals surface area contributed by atoms with Crippen molar-refractivity contribution in [2.24, 2.45) is 0 Å². The van der Waals surface area contributed by atoms with Gasteiger partial charge in [-0.2, -0.15) is 0 Å². The summed E-state index contributed by atoms with van der Waals surface area (Å²) >= 11 is 0. The minimum Gasteiger partial charge on any atom is -0.340 e. The molecule has 0 unspecified atom stereocenters. The smallest absolute Gasteiger partial charge is 0.0862 e. The van der Waals surface area contributed by atoms with E-state index < -0.39 is 54.9 Å². The largest absolute Gasteiger partial charge is 0.340 e. The number of pyridine rings is 6. The second kappa shape index (κ2) is 31.9. The molecule has 0 aliphatic carbocycles. The third kappa shape index (κ3) is 13.2. The molecule has 532 valence electrons. The van der Waals surface area contributed by atoms with Gasteiger partial charge in [0.15, 0.2) is 0 Å². The first kappa shape index (κ1) is 44.8. The predicted molar refractivity (Wildman–Crippen MR) is 425 cm³/mol. The van der Waals surface area contributed by atoms with E-state index in [-0.39, 0.29) is 378 Å².